The van der Waals surface area contributed by atoms with E-state index in [2.05, 4.69) is 9.97 Å². The molecule has 4 aromatic rings. The Hall–Kier alpha value is -4.47. The highest BCUT2D eigenvalue weighted by atomic mass is 19.1. The minimum absolute atomic E-state index is 0.0414. The van der Waals surface area contributed by atoms with Gasteiger partial charge in [0.1, 0.15) is 17.2 Å². The maximum Gasteiger partial charge on any atom is 0.257 e. The average Bonchev–Trinajstić information content (AvgIpc) is 3.74. The number of nitrogens with zero attached hydrogens (tertiary/aromatic N) is 2. The van der Waals surface area contributed by atoms with Crippen LogP contribution < -0.4 is 14.2 Å². The number of fused-ring (bicyclic) bond motifs is 1. The number of pyridine rings is 2. The Morgan fingerprint density at radius 1 is 0.846 bits per heavy atom. The molecule has 2 aromatic carbocycles. The van der Waals surface area contributed by atoms with Crippen molar-refractivity contribution >= 4 is 22.6 Å². The van der Waals surface area contributed by atoms with Crippen LogP contribution in [-0.2, 0) is 22.4 Å². The fourth-order valence-electron chi connectivity index (χ4n) is 4.43. The maximum atomic E-state index is 15.0. The van der Waals surface area contributed by atoms with E-state index < -0.39 is 40.8 Å². The first kappa shape index (κ1) is 26.1. The van der Waals surface area contributed by atoms with E-state index in [0.717, 1.165) is 12.1 Å². The zero-order chi connectivity index (χ0) is 27.7. The van der Waals surface area contributed by atoms with Gasteiger partial charge < -0.3 is 14.2 Å². The van der Waals surface area contributed by atoms with Gasteiger partial charge in [0.05, 0.1) is 25.2 Å². The molecule has 1 aliphatic rings. The Kier molecular flexibility index (Phi) is 6.94. The summed E-state index contributed by atoms with van der Waals surface area (Å²) in [5, 5.41) is 0. The smallest absolute Gasteiger partial charge is 0.257 e. The highest BCUT2D eigenvalue weighted by Gasteiger charge is 2.54. The number of carbonyl (C=O) groups excluding carboxylic acids is 2. The first-order valence-corrected chi connectivity index (χ1v) is 12.1. The molecular formula is C29H23F3N2O5. The van der Waals surface area contributed by atoms with E-state index in [0.29, 0.717) is 29.7 Å². The lowest BCUT2D eigenvalue weighted by Gasteiger charge is -2.15. The number of hydrogen-bond donors (Lipinski definition) is 0. The molecule has 1 saturated carbocycles. The molecule has 200 valence electrons. The molecule has 39 heavy (non-hydrogen) atoms. The van der Waals surface area contributed by atoms with Gasteiger partial charge in [-0.25, -0.2) is 18.2 Å². The number of benzene rings is 2. The molecule has 0 unspecified atom stereocenters. The Balaban J connectivity index is 1.35. The van der Waals surface area contributed by atoms with E-state index in [4.69, 9.17) is 14.2 Å². The number of Topliss-reactive ketones (excluding diaryl/α,β-unsaturated/α-hetero) is 2. The summed E-state index contributed by atoms with van der Waals surface area (Å²) >= 11 is 0. The van der Waals surface area contributed by atoms with E-state index in [9.17, 15) is 14.0 Å². The second-order valence-corrected chi connectivity index (χ2v) is 9.26. The molecule has 0 atom stereocenters. The lowest BCUT2D eigenvalue weighted by molar-refractivity contribution is -0.133. The predicted molar refractivity (Wildman–Crippen MR) is 135 cm³/mol. The second-order valence-electron chi connectivity index (χ2n) is 9.26. The lowest BCUT2D eigenvalue weighted by atomic mass is 9.87. The molecule has 7 nitrogen and oxygen atoms in total. The molecule has 2 heterocycles. The third-order valence-electron chi connectivity index (χ3n) is 6.79. The van der Waals surface area contributed by atoms with Crippen molar-refractivity contribution in [1.82, 2.24) is 9.97 Å². The first-order valence-electron chi connectivity index (χ1n) is 12.1. The summed E-state index contributed by atoms with van der Waals surface area (Å²) in [4.78, 5) is 34.4. The molecular weight excluding hydrogens is 513 g/mol. The molecule has 0 N–H and O–H groups in total. The van der Waals surface area contributed by atoms with Crippen LogP contribution >= 0.6 is 0 Å². The zero-order valence-electron chi connectivity index (χ0n) is 21.1. The highest BCUT2D eigenvalue weighted by Crippen LogP contribution is 2.49. The van der Waals surface area contributed by atoms with E-state index in [1.807, 2.05) is 0 Å². The van der Waals surface area contributed by atoms with Crippen molar-refractivity contribution in [3.05, 3.63) is 83.3 Å². The highest BCUT2D eigenvalue weighted by molar-refractivity contribution is 6.11. The van der Waals surface area contributed by atoms with E-state index in [1.54, 1.807) is 6.07 Å². The fraction of sp³-hybridized carbons (Fsp3) is 0.241. The summed E-state index contributed by atoms with van der Waals surface area (Å²) in [7, 11) is 2.85. The lowest BCUT2D eigenvalue weighted by Crippen LogP contribution is -2.29. The van der Waals surface area contributed by atoms with Crippen molar-refractivity contribution in [2.75, 3.05) is 14.2 Å². The van der Waals surface area contributed by atoms with Gasteiger partial charge in [-0.15, -0.1) is 0 Å². The van der Waals surface area contributed by atoms with Crippen LogP contribution in [-0.4, -0.2) is 35.8 Å². The molecule has 0 spiro atoms. The largest absolute Gasteiger partial charge is 0.491 e. The average molecular weight is 537 g/mol. The SMILES string of the molecule is COc1cc2nccc(Oc3cc(F)c(CC(=O)C4(C(=O)Cc5ccc(F)cc5)CC4)cc3F)c2nc1OC. The summed E-state index contributed by atoms with van der Waals surface area (Å²) in [5.74, 6) is -2.79. The molecule has 0 bridgehead atoms. The fourth-order valence-corrected chi connectivity index (χ4v) is 4.43. The topological polar surface area (TPSA) is 87.6 Å². The van der Waals surface area contributed by atoms with Crippen LogP contribution in [0.15, 0.2) is 54.7 Å². The first-order chi connectivity index (χ1) is 18.7. The standard InChI is InChI=1S/C29H23F3N2O5/c1-37-24-15-21-27(34-28(24)38-2)22(7-10-33-21)39-23-14-19(31)17(12-20(23)32)13-26(36)29(8-9-29)25(35)11-16-3-5-18(30)6-4-16/h3-7,10,12,14-15H,8-9,11,13H2,1-2H3. The molecule has 1 aliphatic carbocycles. The van der Waals surface area contributed by atoms with Gasteiger partial charge in [0.15, 0.2) is 34.6 Å². The van der Waals surface area contributed by atoms with Crippen molar-refractivity contribution in [3.63, 3.8) is 0 Å². The van der Waals surface area contributed by atoms with Gasteiger partial charge in [0.25, 0.3) is 5.88 Å². The molecule has 5 rings (SSSR count). The number of halogens is 3. The van der Waals surface area contributed by atoms with Gasteiger partial charge in [-0.3, -0.25) is 14.6 Å². The quantitative estimate of drug-likeness (QED) is 0.245. The Morgan fingerprint density at radius 2 is 1.56 bits per heavy atom. The van der Waals surface area contributed by atoms with Crippen LogP contribution in [0.25, 0.3) is 11.0 Å². The molecule has 0 aliphatic heterocycles. The van der Waals surface area contributed by atoms with Crippen LogP contribution in [0.3, 0.4) is 0 Å². The number of carbonyl (C=O) groups is 2. The monoisotopic (exact) mass is 536 g/mol. The van der Waals surface area contributed by atoms with E-state index >= 15 is 8.78 Å². The second kappa shape index (κ2) is 10.4. The zero-order valence-corrected chi connectivity index (χ0v) is 21.1. The van der Waals surface area contributed by atoms with Gasteiger partial charge in [-0.2, -0.15) is 0 Å². The third kappa shape index (κ3) is 5.14. The van der Waals surface area contributed by atoms with Crippen molar-refractivity contribution in [3.8, 4) is 23.1 Å². The molecule has 1 fully saturated rings. The third-order valence-corrected chi connectivity index (χ3v) is 6.79. The van der Waals surface area contributed by atoms with Crippen LogP contribution in [0.4, 0.5) is 13.2 Å². The number of aromatic nitrogens is 2. The number of ether oxygens (including phenoxy) is 3. The number of rotatable bonds is 10. The van der Waals surface area contributed by atoms with Crippen LogP contribution in [0.1, 0.15) is 24.0 Å². The minimum atomic E-state index is -1.23. The summed E-state index contributed by atoms with van der Waals surface area (Å²) in [5.41, 5.74) is -0.213. The van der Waals surface area contributed by atoms with Crippen molar-refractivity contribution in [2.45, 2.75) is 25.7 Å². The number of ketones is 2. The summed E-state index contributed by atoms with van der Waals surface area (Å²) in [6.45, 7) is 0. The van der Waals surface area contributed by atoms with Gasteiger partial charge in [-0.05, 0) is 42.2 Å². The minimum Gasteiger partial charge on any atom is -0.491 e. The van der Waals surface area contributed by atoms with Crippen molar-refractivity contribution < 1.29 is 37.0 Å². The van der Waals surface area contributed by atoms with Gasteiger partial charge in [-0.1, -0.05) is 12.1 Å². The Labute approximate surface area is 221 Å². The van der Waals surface area contributed by atoms with Crippen LogP contribution in [0, 0.1) is 22.9 Å². The van der Waals surface area contributed by atoms with E-state index in [-0.39, 0.29) is 34.9 Å². The molecule has 0 amide bonds. The summed E-state index contributed by atoms with van der Waals surface area (Å²) in [6, 6.07) is 10.2. The predicted octanol–water partition coefficient (Wildman–Crippen LogP) is 5.56. The summed E-state index contributed by atoms with van der Waals surface area (Å²) in [6.07, 6.45) is 1.61. The normalized spacial score (nSPS) is 13.7. The number of hydrogen-bond acceptors (Lipinski definition) is 7. The van der Waals surface area contributed by atoms with E-state index in [1.165, 1.54) is 50.7 Å². The summed E-state index contributed by atoms with van der Waals surface area (Å²) < 4.78 is 59.3. The maximum absolute atomic E-state index is 15.0. The van der Waals surface area contributed by atoms with Crippen molar-refractivity contribution in [2.24, 2.45) is 5.41 Å². The number of methoxy groups -OCH3 is 2. The van der Waals surface area contributed by atoms with Crippen molar-refractivity contribution in [1.29, 1.82) is 0 Å². The van der Waals surface area contributed by atoms with Crippen LogP contribution in [0.2, 0.25) is 0 Å². The van der Waals surface area contributed by atoms with Gasteiger partial charge >= 0.3 is 0 Å². The van der Waals surface area contributed by atoms with Gasteiger partial charge in [0.2, 0.25) is 0 Å². The molecule has 2 aromatic heterocycles. The molecule has 0 saturated heterocycles. The molecule has 0 radical (unpaired) electrons. The van der Waals surface area contributed by atoms with Crippen LogP contribution in [0.5, 0.6) is 23.1 Å². The Morgan fingerprint density at radius 3 is 2.23 bits per heavy atom. The Bertz CT molecular complexity index is 1590. The van der Waals surface area contributed by atoms with Gasteiger partial charge in [0, 0.05) is 37.2 Å². The molecule has 10 heteroatoms.